The topological polar surface area (TPSA) is 150 Å². The zero-order valence-electron chi connectivity index (χ0n) is 24.5. The first-order valence-corrected chi connectivity index (χ1v) is 14.3. The smallest absolute Gasteiger partial charge is 0.424 e. The number of hydrogen-bond acceptors (Lipinski definition) is 8. The SMILES string of the molecule is CCOc1c(CC(N)=O)cc([C@@](O)(CNC(=O)c2ccc(-c3ccnnc3)c(OC3CC3)c2)C(F)(F)F)nc1-c1ccc(F)cc1. The van der Waals surface area contributed by atoms with Crippen LogP contribution in [-0.4, -0.2) is 57.5 Å². The van der Waals surface area contributed by atoms with E-state index < -0.39 is 48.1 Å². The maximum Gasteiger partial charge on any atom is 0.424 e. The molecule has 2 amide bonds. The van der Waals surface area contributed by atoms with Gasteiger partial charge in [0.25, 0.3) is 5.91 Å². The van der Waals surface area contributed by atoms with Crippen LogP contribution in [0.3, 0.4) is 0 Å². The van der Waals surface area contributed by atoms with E-state index in [4.69, 9.17) is 15.2 Å². The number of nitrogens with two attached hydrogens (primary N) is 1. The first kappa shape index (κ1) is 32.3. The molecule has 14 heteroatoms. The molecule has 1 fully saturated rings. The van der Waals surface area contributed by atoms with Crippen LogP contribution in [0, 0.1) is 5.82 Å². The normalized spacial score (nSPS) is 14.3. The number of carbonyl (C=O) groups excluding carboxylic acids is 2. The van der Waals surface area contributed by atoms with Gasteiger partial charge in [-0.15, -0.1) is 0 Å². The van der Waals surface area contributed by atoms with Gasteiger partial charge in [-0.1, -0.05) is 0 Å². The lowest BCUT2D eigenvalue weighted by Gasteiger charge is -2.31. The summed E-state index contributed by atoms with van der Waals surface area (Å²) < 4.78 is 69.3. The Kier molecular flexibility index (Phi) is 9.19. The fourth-order valence-corrected chi connectivity index (χ4v) is 4.69. The highest BCUT2D eigenvalue weighted by Crippen LogP contribution is 2.42. The van der Waals surface area contributed by atoms with Gasteiger partial charge in [0, 0.05) is 27.8 Å². The number of carbonyl (C=O) groups is 2. The lowest BCUT2D eigenvalue weighted by molar-refractivity contribution is -0.265. The Morgan fingerprint density at radius 3 is 2.39 bits per heavy atom. The van der Waals surface area contributed by atoms with Gasteiger partial charge >= 0.3 is 6.18 Å². The third-order valence-electron chi connectivity index (χ3n) is 7.18. The molecule has 1 aliphatic rings. The molecule has 240 valence electrons. The number of hydrogen-bond donors (Lipinski definition) is 3. The lowest BCUT2D eigenvalue weighted by Crippen LogP contribution is -2.51. The Hall–Kier alpha value is -5.11. The summed E-state index contributed by atoms with van der Waals surface area (Å²) in [5.41, 5.74) is 1.84. The van der Waals surface area contributed by atoms with Crippen molar-refractivity contribution in [2.75, 3.05) is 13.2 Å². The number of primary amides is 1. The minimum absolute atomic E-state index is 0.0213. The van der Waals surface area contributed by atoms with Gasteiger partial charge < -0.3 is 25.6 Å². The number of nitrogens with zero attached hydrogens (tertiary/aromatic N) is 3. The average Bonchev–Trinajstić information content (AvgIpc) is 3.84. The molecule has 0 saturated heterocycles. The van der Waals surface area contributed by atoms with E-state index in [-0.39, 0.29) is 40.8 Å². The van der Waals surface area contributed by atoms with E-state index in [0.717, 1.165) is 31.0 Å². The van der Waals surface area contributed by atoms with Crippen molar-refractivity contribution in [1.29, 1.82) is 0 Å². The Morgan fingerprint density at radius 2 is 1.78 bits per heavy atom. The van der Waals surface area contributed by atoms with Crippen molar-refractivity contribution in [2.24, 2.45) is 5.73 Å². The van der Waals surface area contributed by atoms with Crippen LogP contribution in [-0.2, 0) is 16.8 Å². The third kappa shape index (κ3) is 7.07. The van der Waals surface area contributed by atoms with Crippen LogP contribution in [0.5, 0.6) is 11.5 Å². The highest BCUT2D eigenvalue weighted by molar-refractivity contribution is 5.95. The average molecular weight is 640 g/mol. The zero-order chi connectivity index (χ0) is 33.1. The molecule has 1 aliphatic carbocycles. The largest absolute Gasteiger partial charge is 0.491 e. The summed E-state index contributed by atoms with van der Waals surface area (Å²) in [6.45, 7) is 0.313. The molecule has 4 N–H and O–H groups in total. The molecule has 2 heterocycles. The molecule has 0 aliphatic heterocycles. The van der Waals surface area contributed by atoms with Crippen LogP contribution >= 0.6 is 0 Å². The molecule has 2 aromatic carbocycles. The summed E-state index contributed by atoms with van der Waals surface area (Å²) in [7, 11) is 0. The number of amides is 2. The minimum atomic E-state index is -5.36. The summed E-state index contributed by atoms with van der Waals surface area (Å²) >= 11 is 0. The molecule has 0 spiro atoms. The van der Waals surface area contributed by atoms with Crippen LogP contribution in [0.15, 0.2) is 67.0 Å². The molecule has 46 heavy (non-hydrogen) atoms. The second-order valence-electron chi connectivity index (χ2n) is 10.6. The van der Waals surface area contributed by atoms with E-state index in [1.165, 1.54) is 36.7 Å². The number of benzene rings is 2. The summed E-state index contributed by atoms with van der Waals surface area (Å²) in [6, 6.07) is 11.6. The van der Waals surface area contributed by atoms with E-state index >= 15 is 0 Å². The van der Waals surface area contributed by atoms with E-state index in [2.05, 4.69) is 20.5 Å². The summed E-state index contributed by atoms with van der Waals surface area (Å²) in [5, 5.41) is 21.0. The minimum Gasteiger partial charge on any atom is -0.491 e. The van der Waals surface area contributed by atoms with Crippen LogP contribution < -0.4 is 20.5 Å². The van der Waals surface area contributed by atoms with E-state index in [0.29, 0.717) is 16.9 Å². The maximum atomic E-state index is 14.7. The summed E-state index contributed by atoms with van der Waals surface area (Å²) in [4.78, 5) is 29.2. The van der Waals surface area contributed by atoms with Gasteiger partial charge in [0.05, 0.1) is 43.8 Å². The van der Waals surface area contributed by atoms with E-state index in [1.54, 1.807) is 19.1 Å². The number of aliphatic hydroxyl groups is 1. The van der Waals surface area contributed by atoms with Gasteiger partial charge in [0.1, 0.15) is 23.0 Å². The van der Waals surface area contributed by atoms with Gasteiger partial charge in [-0.25, -0.2) is 9.37 Å². The second kappa shape index (κ2) is 13.1. The van der Waals surface area contributed by atoms with Crippen molar-refractivity contribution < 1.29 is 41.7 Å². The molecular formula is C32H29F4N5O5. The summed E-state index contributed by atoms with van der Waals surface area (Å²) in [5.74, 6) is -2.15. The van der Waals surface area contributed by atoms with Crippen LogP contribution in [0.4, 0.5) is 17.6 Å². The molecule has 0 bridgehead atoms. The second-order valence-corrected chi connectivity index (χ2v) is 10.6. The highest BCUT2D eigenvalue weighted by atomic mass is 19.4. The van der Waals surface area contributed by atoms with Gasteiger partial charge in [-0.2, -0.15) is 23.4 Å². The standard InChI is InChI=1S/C32H29F4N5O5/c1-2-45-29-21(15-27(37)42)14-26(41-28(29)18-3-6-22(33)7-4-18)31(44,32(34,35)36)17-38-30(43)19-5-10-24(20-11-12-39-40-16-20)25(13-19)46-23-8-9-23/h3-7,10-14,16,23,44H,2,8-9,15,17H2,1H3,(H2,37,42)(H,38,43)/t31-/m0/s1. The maximum absolute atomic E-state index is 14.7. The Morgan fingerprint density at radius 1 is 1.04 bits per heavy atom. The number of nitrogens with one attached hydrogen (secondary N) is 1. The van der Waals surface area contributed by atoms with E-state index in [9.17, 15) is 32.3 Å². The van der Waals surface area contributed by atoms with Crippen molar-refractivity contribution in [2.45, 2.75) is 44.1 Å². The fourth-order valence-electron chi connectivity index (χ4n) is 4.69. The Balaban J connectivity index is 1.52. The fraction of sp³-hybridized carbons (Fsp3) is 0.281. The van der Waals surface area contributed by atoms with Crippen molar-refractivity contribution in [3.8, 4) is 33.9 Å². The molecule has 1 saturated carbocycles. The molecule has 5 rings (SSSR count). The molecule has 4 aromatic rings. The number of aromatic nitrogens is 3. The van der Waals surface area contributed by atoms with Crippen molar-refractivity contribution in [1.82, 2.24) is 20.5 Å². The monoisotopic (exact) mass is 639 g/mol. The van der Waals surface area contributed by atoms with Crippen molar-refractivity contribution >= 4 is 11.8 Å². The molecule has 2 aromatic heterocycles. The van der Waals surface area contributed by atoms with Crippen LogP contribution in [0.25, 0.3) is 22.4 Å². The molecule has 10 nitrogen and oxygen atoms in total. The highest BCUT2D eigenvalue weighted by Gasteiger charge is 2.56. The quantitative estimate of drug-likeness (QED) is 0.192. The summed E-state index contributed by atoms with van der Waals surface area (Å²) in [6.07, 6.45) is -1.34. The zero-order valence-corrected chi connectivity index (χ0v) is 24.5. The predicted molar refractivity (Wildman–Crippen MR) is 157 cm³/mol. The van der Waals surface area contributed by atoms with Gasteiger partial charge in [0.2, 0.25) is 11.5 Å². The van der Waals surface area contributed by atoms with Crippen molar-refractivity contribution in [3.05, 3.63) is 89.6 Å². The van der Waals surface area contributed by atoms with Crippen molar-refractivity contribution in [3.63, 3.8) is 0 Å². The van der Waals surface area contributed by atoms with Gasteiger partial charge in [0.15, 0.2) is 0 Å². The van der Waals surface area contributed by atoms with Gasteiger partial charge in [-0.05, 0) is 74.4 Å². The number of pyridine rings is 1. The first-order valence-electron chi connectivity index (χ1n) is 14.3. The third-order valence-corrected chi connectivity index (χ3v) is 7.18. The molecule has 0 unspecified atom stereocenters. The van der Waals surface area contributed by atoms with Crippen LogP contribution in [0.1, 0.15) is 41.4 Å². The predicted octanol–water partition coefficient (Wildman–Crippen LogP) is 4.49. The molecule has 1 atom stereocenters. The molecular weight excluding hydrogens is 610 g/mol. The number of rotatable bonds is 12. The number of halogens is 4. The first-order chi connectivity index (χ1) is 21.9. The van der Waals surface area contributed by atoms with Crippen LogP contribution in [0.2, 0.25) is 0 Å². The Bertz CT molecular complexity index is 1730. The number of alkyl halides is 3. The van der Waals surface area contributed by atoms with E-state index in [1.807, 2.05) is 0 Å². The lowest BCUT2D eigenvalue weighted by atomic mass is 9.93. The van der Waals surface area contributed by atoms with Gasteiger partial charge in [-0.3, -0.25) is 9.59 Å². The Labute approximate surface area is 260 Å². The number of ether oxygens (including phenoxy) is 2. The molecule has 0 radical (unpaired) electrons.